The number of nitrogens with zero attached hydrogens (tertiary/aromatic N) is 3. The summed E-state index contributed by atoms with van der Waals surface area (Å²) in [6.07, 6.45) is 3.05. The van der Waals surface area contributed by atoms with Gasteiger partial charge in [-0.05, 0) is 24.6 Å². The van der Waals surface area contributed by atoms with E-state index in [9.17, 15) is 13.2 Å². The maximum Gasteiger partial charge on any atom is 0.302 e. The fourth-order valence-electron chi connectivity index (χ4n) is 4.28. The van der Waals surface area contributed by atoms with Gasteiger partial charge in [0.15, 0.2) is 5.82 Å². The molecule has 1 saturated heterocycles. The standard InChI is InChI=1S/C25H23ClFN5O5S/c1-13-6-15(9-37-14(2)33)22(26)20(7-13)38(34,35)31-19-5-3-4-17(23(19)27)18-8-32(16-10-36-11-16)25-21(18)24(28)29-12-30-25/h3-8,12,16,31H,9-11H2,1-2H3,(H2,28,29,30). The van der Waals surface area contributed by atoms with E-state index >= 15 is 4.39 Å². The maximum absolute atomic E-state index is 15.9. The minimum absolute atomic E-state index is 0.00920. The van der Waals surface area contributed by atoms with E-state index in [4.69, 9.17) is 26.8 Å². The number of nitrogens with two attached hydrogens (primary N) is 1. The van der Waals surface area contributed by atoms with Gasteiger partial charge in [-0.1, -0.05) is 29.8 Å². The van der Waals surface area contributed by atoms with Crippen molar-refractivity contribution in [2.24, 2.45) is 0 Å². The van der Waals surface area contributed by atoms with Crippen molar-refractivity contribution in [1.29, 1.82) is 0 Å². The first kappa shape index (κ1) is 25.9. The molecule has 38 heavy (non-hydrogen) atoms. The second-order valence-electron chi connectivity index (χ2n) is 8.89. The number of carbonyl (C=O) groups is 1. The summed E-state index contributed by atoms with van der Waals surface area (Å²) in [5, 5.41) is 0.326. The van der Waals surface area contributed by atoms with Crippen molar-refractivity contribution in [2.45, 2.75) is 31.4 Å². The summed E-state index contributed by atoms with van der Waals surface area (Å²) in [6, 6.07) is 7.33. The van der Waals surface area contributed by atoms with Crippen LogP contribution < -0.4 is 10.5 Å². The molecule has 0 spiro atoms. The largest absolute Gasteiger partial charge is 0.461 e. The fourth-order valence-corrected chi connectivity index (χ4v) is 6.02. The zero-order valence-electron chi connectivity index (χ0n) is 20.4. The van der Waals surface area contributed by atoms with Crippen LogP contribution in [-0.4, -0.2) is 42.1 Å². The zero-order valence-corrected chi connectivity index (χ0v) is 21.9. The number of hydrogen-bond acceptors (Lipinski definition) is 8. The topological polar surface area (TPSA) is 138 Å². The molecule has 0 amide bonds. The number of nitrogens with one attached hydrogen (secondary N) is 1. The molecule has 2 aromatic carbocycles. The second-order valence-corrected chi connectivity index (χ2v) is 10.9. The molecule has 1 aliphatic rings. The number of ether oxygens (including phenoxy) is 2. The molecule has 198 valence electrons. The maximum atomic E-state index is 15.9. The lowest BCUT2D eigenvalue weighted by molar-refractivity contribution is -0.142. The van der Waals surface area contributed by atoms with Crippen LogP contribution in [0.3, 0.4) is 0 Å². The van der Waals surface area contributed by atoms with E-state index in [0.717, 1.165) is 0 Å². The van der Waals surface area contributed by atoms with Gasteiger partial charge in [0.2, 0.25) is 0 Å². The highest BCUT2D eigenvalue weighted by atomic mass is 35.5. The minimum atomic E-state index is -4.34. The Kier molecular flexibility index (Phi) is 6.72. The van der Waals surface area contributed by atoms with Crippen LogP contribution in [0.1, 0.15) is 24.1 Å². The number of aromatic nitrogens is 3. The van der Waals surface area contributed by atoms with E-state index in [0.29, 0.717) is 40.9 Å². The predicted molar refractivity (Wildman–Crippen MR) is 140 cm³/mol. The van der Waals surface area contributed by atoms with Crippen molar-refractivity contribution >= 4 is 50.1 Å². The average molecular weight is 560 g/mol. The normalized spacial score (nSPS) is 13.9. The Balaban J connectivity index is 1.56. The van der Waals surface area contributed by atoms with Crippen LogP contribution in [0.5, 0.6) is 0 Å². The molecular formula is C25H23ClFN5O5S. The highest BCUT2D eigenvalue weighted by molar-refractivity contribution is 7.92. The number of rotatable bonds is 7. The van der Waals surface area contributed by atoms with E-state index in [1.54, 1.807) is 19.2 Å². The molecule has 0 aliphatic carbocycles. The number of aryl methyl sites for hydroxylation is 1. The van der Waals surface area contributed by atoms with Gasteiger partial charge in [0.1, 0.15) is 29.3 Å². The molecular weight excluding hydrogens is 537 g/mol. The Hall–Kier alpha value is -3.74. The summed E-state index contributed by atoms with van der Waals surface area (Å²) in [4.78, 5) is 19.3. The molecule has 0 unspecified atom stereocenters. The van der Waals surface area contributed by atoms with Crippen LogP contribution in [0.4, 0.5) is 15.9 Å². The molecule has 4 aromatic rings. The summed E-state index contributed by atoms with van der Waals surface area (Å²) in [6.45, 7) is 3.65. The Labute approximate surface area is 222 Å². The number of nitrogen functional groups attached to an aromatic ring is 1. The molecule has 5 rings (SSSR count). The summed E-state index contributed by atoms with van der Waals surface area (Å²) in [5.74, 6) is -1.19. The van der Waals surface area contributed by atoms with Crippen molar-refractivity contribution in [3.8, 4) is 11.1 Å². The molecule has 3 heterocycles. The summed E-state index contributed by atoms with van der Waals surface area (Å²) < 4.78 is 57.0. The third-order valence-corrected chi connectivity index (χ3v) is 8.11. The summed E-state index contributed by atoms with van der Waals surface area (Å²) in [7, 11) is -4.34. The van der Waals surface area contributed by atoms with E-state index in [-0.39, 0.29) is 39.6 Å². The first-order valence-corrected chi connectivity index (χ1v) is 13.4. The van der Waals surface area contributed by atoms with Crippen LogP contribution in [0.2, 0.25) is 5.02 Å². The van der Waals surface area contributed by atoms with Gasteiger partial charge in [-0.15, -0.1) is 0 Å². The van der Waals surface area contributed by atoms with Crippen molar-refractivity contribution < 1.29 is 27.1 Å². The summed E-state index contributed by atoms with van der Waals surface area (Å²) in [5.41, 5.74) is 7.78. The molecule has 3 N–H and O–H groups in total. The molecule has 0 bridgehead atoms. The first-order valence-electron chi connectivity index (χ1n) is 11.5. The number of benzene rings is 2. The number of fused-ring (bicyclic) bond motifs is 1. The Morgan fingerprint density at radius 2 is 2.05 bits per heavy atom. The van der Waals surface area contributed by atoms with Gasteiger partial charge in [0.25, 0.3) is 10.0 Å². The number of hydrogen-bond donors (Lipinski definition) is 2. The SMILES string of the molecule is CC(=O)OCc1cc(C)cc(S(=O)(=O)Nc2cccc(-c3cn(C4COC4)c4ncnc(N)c34)c2F)c1Cl. The number of halogens is 2. The number of sulfonamides is 1. The Morgan fingerprint density at radius 1 is 1.29 bits per heavy atom. The van der Waals surface area contributed by atoms with Gasteiger partial charge in [-0.2, -0.15) is 0 Å². The van der Waals surface area contributed by atoms with Gasteiger partial charge in [0, 0.05) is 29.8 Å². The van der Waals surface area contributed by atoms with Gasteiger partial charge in [0.05, 0.1) is 35.4 Å². The molecule has 1 fully saturated rings. The van der Waals surface area contributed by atoms with Crippen LogP contribution in [0.15, 0.2) is 47.8 Å². The van der Waals surface area contributed by atoms with Crippen LogP contribution >= 0.6 is 11.6 Å². The first-order chi connectivity index (χ1) is 18.1. The van der Waals surface area contributed by atoms with Crippen molar-refractivity contribution in [3.05, 3.63) is 64.8 Å². The summed E-state index contributed by atoms with van der Waals surface area (Å²) >= 11 is 6.37. The third-order valence-electron chi connectivity index (χ3n) is 6.17. The number of anilines is 2. The highest BCUT2D eigenvalue weighted by Gasteiger charge is 2.28. The molecule has 0 radical (unpaired) electrons. The van der Waals surface area contributed by atoms with Gasteiger partial charge in [-0.25, -0.2) is 22.8 Å². The van der Waals surface area contributed by atoms with E-state index in [2.05, 4.69) is 14.7 Å². The van der Waals surface area contributed by atoms with Crippen LogP contribution in [0.25, 0.3) is 22.2 Å². The minimum Gasteiger partial charge on any atom is -0.461 e. The highest BCUT2D eigenvalue weighted by Crippen LogP contribution is 2.39. The quantitative estimate of drug-likeness (QED) is 0.321. The zero-order chi connectivity index (χ0) is 27.2. The predicted octanol–water partition coefficient (Wildman–Crippen LogP) is 4.22. The van der Waals surface area contributed by atoms with Crippen molar-refractivity contribution in [3.63, 3.8) is 0 Å². The van der Waals surface area contributed by atoms with Gasteiger partial charge >= 0.3 is 5.97 Å². The number of esters is 1. The van der Waals surface area contributed by atoms with Crippen molar-refractivity contribution in [2.75, 3.05) is 23.7 Å². The van der Waals surface area contributed by atoms with E-state index in [1.807, 2.05) is 4.57 Å². The molecule has 13 heteroatoms. The Bertz CT molecular complexity index is 1690. The number of carbonyl (C=O) groups excluding carboxylic acids is 1. The van der Waals surface area contributed by atoms with Crippen LogP contribution in [0, 0.1) is 12.7 Å². The fraction of sp³-hybridized carbons (Fsp3) is 0.240. The lowest BCUT2D eigenvalue weighted by Gasteiger charge is -2.27. The Morgan fingerprint density at radius 3 is 2.74 bits per heavy atom. The lowest BCUT2D eigenvalue weighted by Crippen LogP contribution is -2.30. The van der Waals surface area contributed by atoms with Gasteiger partial charge < -0.3 is 19.8 Å². The van der Waals surface area contributed by atoms with E-state index in [1.165, 1.54) is 37.5 Å². The molecule has 0 saturated carbocycles. The lowest BCUT2D eigenvalue weighted by atomic mass is 10.0. The second kappa shape index (κ2) is 9.86. The average Bonchev–Trinajstić information content (AvgIpc) is 3.19. The van der Waals surface area contributed by atoms with Crippen molar-refractivity contribution in [1.82, 2.24) is 14.5 Å². The van der Waals surface area contributed by atoms with Crippen LogP contribution in [-0.2, 0) is 30.9 Å². The molecule has 0 atom stereocenters. The monoisotopic (exact) mass is 559 g/mol. The molecule has 1 aliphatic heterocycles. The molecule has 10 nitrogen and oxygen atoms in total. The van der Waals surface area contributed by atoms with E-state index < -0.39 is 21.8 Å². The molecule has 2 aromatic heterocycles. The van der Waals surface area contributed by atoms with Gasteiger partial charge in [-0.3, -0.25) is 9.52 Å². The third kappa shape index (κ3) is 4.66. The smallest absolute Gasteiger partial charge is 0.302 e.